The van der Waals surface area contributed by atoms with Gasteiger partial charge < -0.3 is 20.0 Å². The van der Waals surface area contributed by atoms with Gasteiger partial charge in [0, 0.05) is 31.1 Å². The molecule has 0 bridgehead atoms. The summed E-state index contributed by atoms with van der Waals surface area (Å²) in [6.45, 7) is 12.2. The third kappa shape index (κ3) is 5.38. The van der Waals surface area contributed by atoms with Crippen LogP contribution in [0.4, 0.5) is 11.7 Å². The summed E-state index contributed by atoms with van der Waals surface area (Å²) in [5, 5.41) is 6.30. The van der Waals surface area contributed by atoms with Crippen molar-refractivity contribution in [2.75, 3.05) is 18.4 Å². The average molecular weight is 463 g/mol. The number of aromatic nitrogens is 1. The number of likely N-dealkylation sites (tertiary alicyclic amines) is 1. The molecule has 1 aromatic heterocycles. The molecule has 1 atom stereocenters. The van der Waals surface area contributed by atoms with Crippen LogP contribution in [-0.4, -0.2) is 40.6 Å². The molecule has 8 heteroatoms. The Balaban J connectivity index is 1.51. The van der Waals surface area contributed by atoms with Gasteiger partial charge in [-0.05, 0) is 64.2 Å². The molecule has 1 amide bonds. The molecular weight excluding hydrogens is 428 g/mol. The maximum atomic E-state index is 12.8. The highest BCUT2D eigenvalue weighted by atomic mass is 16.4. The Morgan fingerprint density at radius 2 is 1.94 bits per heavy atom. The van der Waals surface area contributed by atoms with Crippen LogP contribution in [-0.2, 0) is 0 Å². The van der Waals surface area contributed by atoms with Gasteiger partial charge in [-0.2, -0.15) is 9.98 Å². The third-order valence-electron chi connectivity index (χ3n) is 6.37. The normalized spacial score (nSPS) is 21.3. The largest absolute Gasteiger partial charge is 0.417 e. The molecular formula is C26H34N6O2. The van der Waals surface area contributed by atoms with E-state index in [0.29, 0.717) is 0 Å². The number of nitrogens with one attached hydrogen (secondary N) is 2. The number of nitrogens with zero attached hydrogens (tertiary/aromatic N) is 4. The van der Waals surface area contributed by atoms with E-state index < -0.39 is 0 Å². The van der Waals surface area contributed by atoms with E-state index in [1.165, 1.54) is 19.0 Å². The second-order valence-electron chi connectivity index (χ2n) is 9.19. The number of anilines is 1. The Hall–Kier alpha value is -3.42. The van der Waals surface area contributed by atoms with Gasteiger partial charge >= 0.3 is 6.01 Å². The summed E-state index contributed by atoms with van der Waals surface area (Å²) in [5.41, 5.74) is 3.96. The molecule has 2 aliphatic rings. The number of carbonyl (C=O) groups is 1. The zero-order valence-electron chi connectivity index (χ0n) is 20.7. The summed E-state index contributed by atoms with van der Waals surface area (Å²) in [4.78, 5) is 28.9. The van der Waals surface area contributed by atoms with E-state index in [1.54, 1.807) is 0 Å². The fourth-order valence-corrected chi connectivity index (χ4v) is 4.52. The lowest BCUT2D eigenvalue weighted by Crippen LogP contribution is -2.35. The fraction of sp³-hybridized carbons (Fsp3) is 0.462. The van der Waals surface area contributed by atoms with Crippen molar-refractivity contribution >= 4 is 29.3 Å². The Kier molecular flexibility index (Phi) is 7.14. The van der Waals surface area contributed by atoms with Crippen molar-refractivity contribution in [3.63, 3.8) is 0 Å². The molecule has 1 aromatic carbocycles. The third-order valence-corrected chi connectivity index (χ3v) is 6.37. The lowest BCUT2D eigenvalue weighted by atomic mass is 10.0. The van der Waals surface area contributed by atoms with Gasteiger partial charge in [0.25, 0.3) is 5.91 Å². The van der Waals surface area contributed by atoms with Crippen molar-refractivity contribution in [1.82, 2.24) is 15.2 Å². The van der Waals surface area contributed by atoms with Gasteiger partial charge in [-0.1, -0.05) is 24.6 Å². The molecule has 34 heavy (non-hydrogen) atoms. The quantitative estimate of drug-likeness (QED) is 0.649. The van der Waals surface area contributed by atoms with Crippen LogP contribution in [0.1, 0.15) is 66.8 Å². The maximum absolute atomic E-state index is 12.8. The molecule has 1 unspecified atom stereocenters. The highest BCUT2D eigenvalue weighted by Gasteiger charge is 2.23. The zero-order chi connectivity index (χ0) is 24.2. The van der Waals surface area contributed by atoms with E-state index in [9.17, 15) is 4.79 Å². The summed E-state index contributed by atoms with van der Waals surface area (Å²) in [6.07, 6.45) is 7.63. The van der Waals surface area contributed by atoms with Gasteiger partial charge in [-0.15, -0.1) is 0 Å². The minimum atomic E-state index is -0.346. The second-order valence-corrected chi connectivity index (χ2v) is 9.19. The first-order valence-corrected chi connectivity index (χ1v) is 12.0. The van der Waals surface area contributed by atoms with Crippen molar-refractivity contribution in [2.45, 2.75) is 60.3 Å². The summed E-state index contributed by atoms with van der Waals surface area (Å²) < 4.78 is 5.70. The number of hydrogen-bond acceptors (Lipinski definition) is 6. The molecule has 2 aliphatic heterocycles. The fourth-order valence-electron chi connectivity index (χ4n) is 4.52. The first-order valence-electron chi connectivity index (χ1n) is 12.0. The monoisotopic (exact) mass is 462 g/mol. The number of aliphatic imine (C=N–C) groups is 2. The van der Waals surface area contributed by atoms with Crippen molar-refractivity contribution in [3.05, 3.63) is 52.7 Å². The minimum Gasteiger partial charge on any atom is -0.417 e. The number of rotatable bonds is 3. The highest BCUT2D eigenvalue weighted by molar-refractivity contribution is 6.03. The van der Waals surface area contributed by atoms with Crippen LogP contribution >= 0.6 is 0 Å². The van der Waals surface area contributed by atoms with Crippen LogP contribution in [0.3, 0.4) is 0 Å². The van der Waals surface area contributed by atoms with Crippen LogP contribution in [0, 0.1) is 26.7 Å². The summed E-state index contributed by atoms with van der Waals surface area (Å²) >= 11 is 0. The number of amides is 1. The Labute approximate surface area is 201 Å². The Morgan fingerprint density at radius 1 is 1.24 bits per heavy atom. The predicted octanol–water partition coefficient (Wildman–Crippen LogP) is 5.26. The van der Waals surface area contributed by atoms with Crippen molar-refractivity contribution in [1.29, 1.82) is 0 Å². The van der Waals surface area contributed by atoms with E-state index in [2.05, 4.69) is 32.4 Å². The standard InChI is InChI=1S/C26H34N6O2/c1-6-21-28-22(32-11-7-8-12-32)10-9-17(3)24(29-21)31-26-27-15-20(34-26)25(33)30-23-18(4)13-16(2)14-19(23)5/h6,13-15,17H,7-12H2,1-5H3,(H,30,33)(H,27,29,31)/b21-6+,28-22?. The molecule has 2 aromatic rings. The number of allylic oxidation sites excluding steroid dienone is 1. The first kappa shape index (κ1) is 23.7. The molecule has 0 saturated carbocycles. The highest BCUT2D eigenvalue weighted by Crippen LogP contribution is 2.24. The van der Waals surface area contributed by atoms with Crippen LogP contribution in [0.2, 0.25) is 0 Å². The molecule has 0 radical (unpaired) electrons. The van der Waals surface area contributed by atoms with Crippen LogP contribution < -0.4 is 10.6 Å². The number of carbonyl (C=O) groups excluding carboxylic acids is 1. The zero-order valence-corrected chi connectivity index (χ0v) is 20.7. The summed E-state index contributed by atoms with van der Waals surface area (Å²) in [5.74, 6) is 2.57. The van der Waals surface area contributed by atoms with E-state index in [0.717, 1.165) is 65.8 Å². The van der Waals surface area contributed by atoms with Gasteiger partial charge in [0.1, 0.15) is 17.5 Å². The lowest BCUT2D eigenvalue weighted by molar-refractivity contribution is 0.0997. The van der Waals surface area contributed by atoms with Crippen molar-refractivity contribution in [2.24, 2.45) is 15.9 Å². The Morgan fingerprint density at radius 3 is 2.62 bits per heavy atom. The SMILES string of the molecule is C/C=C1\N=C(N2CCCC2)CCC(C)C(=Nc2ncc(C(=O)Nc3c(C)cc(C)cc3C)o2)N1. The predicted molar refractivity (Wildman–Crippen MR) is 136 cm³/mol. The van der Waals surface area contributed by atoms with Crippen molar-refractivity contribution < 1.29 is 9.21 Å². The van der Waals surface area contributed by atoms with Crippen molar-refractivity contribution in [3.8, 4) is 0 Å². The van der Waals surface area contributed by atoms with Gasteiger partial charge in [0.05, 0.1) is 6.20 Å². The Bertz CT molecular complexity index is 1130. The molecule has 2 N–H and O–H groups in total. The van der Waals surface area contributed by atoms with Gasteiger partial charge in [-0.3, -0.25) is 4.79 Å². The topological polar surface area (TPSA) is 95.1 Å². The van der Waals surface area contributed by atoms with E-state index in [-0.39, 0.29) is 23.6 Å². The number of hydrogen-bond donors (Lipinski definition) is 2. The van der Waals surface area contributed by atoms with Gasteiger partial charge in [0.2, 0.25) is 5.76 Å². The number of oxazole rings is 1. The number of amidine groups is 2. The average Bonchev–Trinajstić information content (AvgIpc) is 3.48. The van der Waals surface area contributed by atoms with E-state index >= 15 is 0 Å². The molecule has 8 nitrogen and oxygen atoms in total. The second kappa shape index (κ2) is 10.2. The molecule has 180 valence electrons. The van der Waals surface area contributed by atoms with Crippen LogP contribution in [0.5, 0.6) is 0 Å². The first-order chi connectivity index (χ1) is 16.3. The molecule has 1 saturated heterocycles. The van der Waals surface area contributed by atoms with Gasteiger partial charge in [0.15, 0.2) is 0 Å². The lowest BCUT2D eigenvalue weighted by Gasteiger charge is -2.26. The van der Waals surface area contributed by atoms with Crippen LogP contribution in [0.25, 0.3) is 0 Å². The maximum Gasteiger partial charge on any atom is 0.323 e. The number of aryl methyl sites for hydroxylation is 3. The van der Waals surface area contributed by atoms with E-state index in [4.69, 9.17) is 9.41 Å². The number of benzene rings is 1. The summed E-state index contributed by atoms with van der Waals surface area (Å²) in [6, 6.07) is 4.23. The molecule has 4 rings (SSSR count). The molecule has 0 aliphatic carbocycles. The van der Waals surface area contributed by atoms with Gasteiger partial charge in [-0.25, -0.2) is 4.99 Å². The van der Waals surface area contributed by atoms with Crippen LogP contribution in [0.15, 0.2) is 44.6 Å². The smallest absolute Gasteiger partial charge is 0.323 e. The minimum absolute atomic E-state index is 0.123. The van der Waals surface area contributed by atoms with E-state index in [1.807, 2.05) is 45.9 Å². The molecule has 0 spiro atoms. The molecule has 1 fully saturated rings. The molecule has 3 heterocycles. The summed E-state index contributed by atoms with van der Waals surface area (Å²) in [7, 11) is 0.